The zero-order chi connectivity index (χ0) is 65.7. The molecule has 90 heavy (non-hydrogen) atoms. The summed E-state index contributed by atoms with van der Waals surface area (Å²) in [5, 5.41) is 111. The Kier molecular flexibility index (Phi) is 20.8. The monoisotopic (exact) mass is 1310 g/mol. The van der Waals surface area contributed by atoms with Crippen molar-refractivity contribution < 1.29 is 139 Å². The number of aliphatic hydroxyl groups excluding tert-OH is 10. The second-order valence-corrected chi connectivity index (χ2v) is 29.5. The molecule has 31 atom stereocenters. The first-order valence-electron chi connectivity index (χ1n) is 31.6. The largest absolute Gasteiger partial charge is 0.462 e. The topological polar surface area (TPSA) is 420 Å². The minimum atomic E-state index is -5.26. The highest BCUT2D eigenvalue weighted by Gasteiger charge is 2.79. The summed E-state index contributed by atoms with van der Waals surface area (Å²) in [6.45, 7) is 15.2. The van der Waals surface area contributed by atoms with Crippen LogP contribution in [0.5, 0.6) is 0 Å². The molecule has 10 aliphatic rings. The van der Waals surface area contributed by atoms with E-state index in [9.17, 15) is 73.6 Å². The zero-order valence-electron chi connectivity index (χ0n) is 52.6. The van der Waals surface area contributed by atoms with Crippen molar-refractivity contribution >= 4 is 22.3 Å². The summed E-state index contributed by atoms with van der Waals surface area (Å²) in [4.78, 5) is 27.6. The molecule has 10 rings (SSSR count). The molecular formula is C60H96O29S. The zero-order valence-corrected chi connectivity index (χ0v) is 53.4. The summed E-state index contributed by atoms with van der Waals surface area (Å²) in [6, 6.07) is 0. The van der Waals surface area contributed by atoms with Crippen LogP contribution in [-0.2, 0) is 85.8 Å². The van der Waals surface area contributed by atoms with Crippen LogP contribution in [0.4, 0.5) is 0 Å². The van der Waals surface area contributed by atoms with Gasteiger partial charge >= 0.3 is 22.3 Å². The molecule has 30 heteroatoms. The van der Waals surface area contributed by atoms with Gasteiger partial charge in [-0.05, 0) is 93.8 Å². The maximum atomic E-state index is 14.8. The van der Waals surface area contributed by atoms with Gasteiger partial charge in [-0.1, -0.05) is 59.6 Å². The Bertz CT molecular complexity index is 2670. The van der Waals surface area contributed by atoms with Crippen molar-refractivity contribution in [3.8, 4) is 0 Å². The number of ether oxygens (including phenoxy) is 13. The van der Waals surface area contributed by atoms with E-state index in [0.717, 1.165) is 12.8 Å². The second-order valence-electron chi connectivity index (χ2n) is 28.4. The Morgan fingerprint density at radius 1 is 0.700 bits per heavy atom. The number of carbonyl (C=O) groups excluding carboxylic acids is 2. The highest BCUT2D eigenvalue weighted by molar-refractivity contribution is 7.80. The third-order valence-electron chi connectivity index (χ3n) is 22.1. The van der Waals surface area contributed by atoms with Crippen molar-refractivity contribution in [2.45, 2.75) is 273 Å². The number of hydrogen-bond donors (Lipinski definition) is 11. The SMILES string of the molecule is CO[C@@H]1[C@@H](O)[C@H](CO)O[C@@H](O[C@H]2[C@@H](O)[C@@H](O[C@H]3[C@@H](O)[C@@H](O[C@H]4OC[C@@H](O)[C@@H](O)[C@@H]4O)[C@H](O[C@H]4[C@H](O[C@H]5CC[C@@]6(C)[C@H](CC=C7[C@@H]6CC[C@]68C(=O)O[C@](C)(CCCC(C)C)[C@H]6[C@H](OC(C)=O)C[C@@]78C)C5(C)C)OC[C@@H](OS(=O)(=O)O)[C@H]4O)O[C@@H]3C)OC[C@@H]2O)[C@@H]1O. The van der Waals surface area contributed by atoms with Crippen LogP contribution in [0, 0.1) is 45.3 Å². The molecule has 0 bridgehead atoms. The lowest BCUT2D eigenvalue weighted by Crippen LogP contribution is -2.67. The van der Waals surface area contributed by atoms with Crippen LogP contribution in [0.3, 0.4) is 0 Å². The highest BCUT2D eigenvalue weighted by Crippen LogP contribution is 2.77. The summed E-state index contributed by atoms with van der Waals surface area (Å²) in [5.74, 6) is -0.620. The molecule has 3 saturated carbocycles. The van der Waals surface area contributed by atoms with E-state index in [0.29, 0.717) is 50.9 Å². The Balaban J connectivity index is 0.904. The van der Waals surface area contributed by atoms with Gasteiger partial charge in [0.1, 0.15) is 109 Å². The minimum Gasteiger partial charge on any atom is -0.462 e. The number of rotatable bonds is 19. The maximum Gasteiger partial charge on any atom is 0.397 e. The molecule has 0 aromatic rings. The van der Waals surface area contributed by atoms with Crippen LogP contribution in [0.25, 0.3) is 0 Å². The highest BCUT2D eigenvalue weighted by atomic mass is 32.3. The summed E-state index contributed by atoms with van der Waals surface area (Å²) in [6.07, 6.45) is -30.9. The molecule has 11 N–H and O–H groups in total. The number of aliphatic hydroxyl groups is 10. The van der Waals surface area contributed by atoms with Crippen LogP contribution in [0.15, 0.2) is 11.6 Å². The Hall–Kier alpha value is -2.29. The van der Waals surface area contributed by atoms with Gasteiger partial charge in [0.25, 0.3) is 0 Å². The Morgan fingerprint density at radius 2 is 1.32 bits per heavy atom. The lowest BCUT2D eigenvalue weighted by Gasteiger charge is -2.64. The molecule has 516 valence electrons. The molecule has 6 heterocycles. The molecule has 0 unspecified atom stereocenters. The number of carbonyl (C=O) groups is 2. The first-order chi connectivity index (χ1) is 42.2. The number of hydrogen-bond acceptors (Lipinski definition) is 28. The van der Waals surface area contributed by atoms with Gasteiger partial charge < -0.3 is 113 Å². The molecule has 0 amide bonds. The Morgan fingerprint density at radius 3 is 1.98 bits per heavy atom. The van der Waals surface area contributed by atoms with E-state index in [1.807, 2.05) is 6.92 Å². The van der Waals surface area contributed by atoms with Crippen LogP contribution >= 0.6 is 0 Å². The van der Waals surface area contributed by atoms with Gasteiger partial charge in [-0.2, -0.15) is 8.42 Å². The Labute approximate surface area is 523 Å². The first kappa shape index (κ1) is 70.5. The van der Waals surface area contributed by atoms with Crippen molar-refractivity contribution in [3.63, 3.8) is 0 Å². The predicted octanol–water partition coefficient (Wildman–Crippen LogP) is -0.837. The fourth-order valence-electron chi connectivity index (χ4n) is 17.7. The van der Waals surface area contributed by atoms with Crippen LogP contribution < -0.4 is 0 Å². The fraction of sp³-hybridized carbons (Fsp3) is 0.933. The number of esters is 2. The lowest BCUT2D eigenvalue weighted by atomic mass is 9.41. The number of allylic oxidation sites excluding steroid dienone is 2. The normalized spacial score (nSPS) is 50.3. The third kappa shape index (κ3) is 12.6. The quantitative estimate of drug-likeness (QED) is 0.0427. The molecule has 0 radical (unpaired) electrons. The lowest BCUT2D eigenvalue weighted by molar-refractivity contribution is -0.399. The third-order valence-corrected chi connectivity index (χ3v) is 22.6. The van der Waals surface area contributed by atoms with Gasteiger partial charge in [0.05, 0.1) is 50.0 Å². The molecular weight excluding hydrogens is 1220 g/mol. The van der Waals surface area contributed by atoms with Crippen molar-refractivity contribution in [3.05, 3.63) is 11.6 Å². The molecule has 29 nitrogen and oxygen atoms in total. The summed E-state index contributed by atoms with van der Waals surface area (Å²) in [7, 11) is -4.06. The molecule has 0 aromatic carbocycles. The van der Waals surface area contributed by atoms with Crippen molar-refractivity contribution in [1.29, 1.82) is 0 Å². The van der Waals surface area contributed by atoms with E-state index in [1.54, 1.807) is 0 Å². The van der Waals surface area contributed by atoms with E-state index in [-0.39, 0.29) is 29.1 Å². The van der Waals surface area contributed by atoms with E-state index < -0.39 is 212 Å². The van der Waals surface area contributed by atoms with Gasteiger partial charge in [-0.15, -0.1) is 0 Å². The molecule has 1 spiro atoms. The van der Waals surface area contributed by atoms with Gasteiger partial charge in [0.15, 0.2) is 31.5 Å². The van der Waals surface area contributed by atoms with Gasteiger partial charge in [-0.3, -0.25) is 14.1 Å². The smallest absolute Gasteiger partial charge is 0.397 e. The molecule has 6 saturated heterocycles. The van der Waals surface area contributed by atoms with E-state index in [2.05, 4.69) is 47.6 Å². The van der Waals surface area contributed by atoms with Crippen molar-refractivity contribution in [2.75, 3.05) is 33.5 Å². The van der Waals surface area contributed by atoms with E-state index >= 15 is 0 Å². The number of methoxy groups -OCH3 is 1. The fourth-order valence-corrected chi connectivity index (χ4v) is 18.2. The summed E-state index contributed by atoms with van der Waals surface area (Å²) in [5.41, 5.74) is -2.36. The number of fused-ring (bicyclic) bond motifs is 4. The van der Waals surface area contributed by atoms with Gasteiger partial charge in [0, 0.05) is 19.4 Å². The maximum absolute atomic E-state index is 14.8. The average Bonchev–Trinajstić information content (AvgIpc) is 1.46. The van der Waals surface area contributed by atoms with Crippen LogP contribution in [0.1, 0.15) is 120 Å². The van der Waals surface area contributed by atoms with Crippen molar-refractivity contribution in [2.24, 2.45) is 45.3 Å². The minimum absolute atomic E-state index is 0.00396. The van der Waals surface area contributed by atoms with Crippen LogP contribution in [-0.4, -0.2) is 263 Å². The standard InChI is InChI=1S/C60H96O29S/c1-25(2)12-11-17-59(9)49-32(81-27(4)62)20-58(8)29-13-14-35-56(5,6)36(16-18-57(35,7)28(29)15-19-60(49,58)55(72)88-59)83-53-47(39(67)34(24-79-53)89-90(73,74)75)87-54-48(86-50-40(68)37(65)30(63)22-77-50)41(69)44(26(3)80-54)84-51-42(70)45(31(64)23-78-51)85-52-43(71)46(76-10)38(66)33(21-61)82-52/h13,25-26,28,30-54,61,63-71H,11-12,14-24H2,1-10H3,(H,73,74,75)/t26-,28+,30-,31+,32-,33+,34-,35-,36+,37-,38+,39-,40+,41-,42-,43-,44-,45-,46-,47-,48-,49-,50-,51-,52+,53+,54+,57-,58+,59-,60-/m1/s1. The summed E-state index contributed by atoms with van der Waals surface area (Å²) < 4.78 is 118. The van der Waals surface area contributed by atoms with Crippen LogP contribution in [0.2, 0.25) is 0 Å². The van der Waals surface area contributed by atoms with Crippen molar-refractivity contribution in [1.82, 2.24) is 0 Å². The van der Waals surface area contributed by atoms with Gasteiger partial charge in [0.2, 0.25) is 0 Å². The molecule has 0 aromatic heterocycles. The van der Waals surface area contributed by atoms with E-state index in [1.165, 1.54) is 26.5 Å². The molecule has 9 fully saturated rings. The second kappa shape index (κ2) is 26.6. The first-order valence-corrected chi connectivity index (χ1v) is 33.0. The number of cyclic esters (lactones) is 1. The summed E-state index contributed by atoms with van der Waals surface area (Å²) >= 11 is 0. The molecule has 6 aliphatic heterocycles. The predicted molar refractivity (Wildman–Crippen MR) is 302 cm³/mol. The van der Waals surface area contributed by atoms with E-state index in [4.69, 9.17) is 65.8 Å². The van der Waals surface area contributed by atoms with Gasteiger partial charge in [-0.25, -0.2) is 4.18 Å². The average molecular weight is 1310 g/mol. The molecule has 4 aliphatic carbocycles.